The zero-order valence-corrected chi connectivity index (χ0v) is 18.8. The molecule has 1 aromatic heterocycles. The SMILES string of the molecule is COc1cccc(NC(=O)C(OC(=O)CCc2nc(-c3ccc(F)cc3)no2)c2ccccc2)c1. The third kappa shape index (κ3) is 6.29. The van der Waals surface area contributed by atoms with Crippen molar-refractivity contribution in [1.82, 2.24) is 10.1 Å². The van der Waals surface area contributed by atoms with Crippen molar-refractivity contribution in [3.63, 3.8) is 0 Å². The molecule has 1 heterocycles. The third-order valence-corrected chi connectivity index (χ3v) is 5.04. The highest BCUT2D eigenvalue weighted by Gasteiger charge is 2.25. The van der Waals surface area contributed by atoms with Gasteiger partial charge in [-0.3, -0.25) is 9.59 Å². The lowest BCUT2D eigenvalue weighted by molar-refractivity contribution is -0.154. The Kier molecular flexibility index (Phi) is 7.47. The summed E-state index contributed by atoms with van der Waals surface area (Å²) in [6.45, 7) is 0. The van der Waals surface area contributed by atoms with Gasteiger partial charge < -0.3 is 19.3 Å². The Morgan fingerprint density at radius 3 is 2.54 bits per heavy atom. The fourth-order valence-corrected chi connectivity index (χ4v) is 3.28. The second-order valence-electron chi connectivity index (χ2n) is 7.52. The first-order valence-electron chi connectivity index (χ1n) is 10.8. The average molecular weight is 475 g/mol. The number of esters is 1. The Hall–Kier alpha value is -4.53. The maximum absolute atomic E-state index is 13.1. The number of amides is 1. The third-order valence-electron chi connectivity index (χ3n) is 5.04. The van der Waals surface area contributed by atoms with Crippen molar-refractivity contribution in [3.05, 3.63) is 96.1 Å². The fourth-order valence-electron chi connectivity index (χ4n) is 3.28. The van der Waals surface area contributed by atoms with Crippen LogP contribution in [0.2, 0.25) is 0 Å². The molecule has 0 spiro atoms. The molecule has 0 aliphatic carbocycles. The van der Waals surface area contributed by atoms with E-state index in [4.69, 9.17) is 14.0 Å². The predicted molar refractivity (Wildman–Crippen MR) is 125 cm³/mol. The van der Waals surface area contributed by atoms with E-state index in [-0.39, 0.29) is 30.4 Å². The first-order valence-corrected chi connectivity index (χ1v) is 10.8. The van der Waals surface area contributed by atoms with Gasteiger partial charge in [-0.05, 0) is 36.4 Å². The van der Waals surface area contributed by atoms with Gasteiger partial charge in [-0.15, -0.1) is 0 Å². The van der Waals surface area contributed by atoms with Gasteiger partial charge in [0.1, 0.15) is 11.6 Å². The van der Waals surface area contributed by atoms with Crippen LogP contribution in [0, 0.1) is 5.82 Å². The number of methoxy groups -OCH3 is 1. The van der Waals surface area contributed by atoms with Crippen LogP contribution in [0.1, 0.15) is 24.0 Å². The van der Waals surface area contributed by atoms with Gasteiger partial charge in [-0.25, -0.2) is 4.39 Å². The Balaban J connectivity index is 1.41. The number of anilines is 1. The Morgan fingerprint density at radius 1 is 1.03 bits per heavy atom. The van der Waals surface area contributed by atoms with Gasteiger partial charge in [0.25, 0.3) is 5.91 Å². The molecule has 0 aliphatic heterocycles. The molecule has 4 aromatic rings. The second-order valence-corrected chi connectivity index (χ2v) is 7.52. The summed E-state index contributed by atoms with van der Waals surface area (Å²) in [5.74, 6) is -0.402. The highest BCUT2D eigenvalue weighted by molar-refractivity contribution is 5.96. The van der Waals surface area contributed by atoms with Crippen LogP contribution < -0.4 is 10.1 Å². The zero-order chi connectivity index (χ0) is 24.6. The van der Waals surface area contributed by atoms with Crippen molar-refractivity contribution >= 4 is 17.6 Å². The van der Waals surface area contributed by atoms with Crippen molar-refractivity contribution < 1.29 is 28.0 Å². The van der Waals surface area contributed by atoms with Crippen LogP contribution in [0.5, 0.6) is 5.75 Å². The molecule has 178 valence electrons. The summed E-state index contributed by atoms with van der Waals surface area (Å²) >= 11 is 0. The first kappa shape index (κ1) is 23.6. The van der Waals surface area contributed by atoms with E-state index >= 15 is 0 Å². The van der Waals surface area contributed by atoms with E-state index in [0.29, 0.717) is 22.6 Å². The maximum Gasteiger partial charge on any atom is 0.307 e. The van der Waals surface area contributed by atoms with Crippen molar-refractivity contribution in [2.75, 3.05) is 12.4 Å². The smallest absolute Gasteiger partial charge is 0.307 e. The number of hydrogen-bond donors (Lipinski definition) is 1. The molecule has 35 heavy (non-hydrogen) atoms. The molecule has 8 nitrogen and oxygen atoms in total. The van der Waals surface area contributed by atoms with Crippen molar-refractivity contribution in [2.24, 2.45) is 0 Å². The molecule has 0 radical (unpaired) electrons. The van der Waals surface area contributed by atoms with Crippen molar-refractivity contribution in [2.45, 2.75) is 18.9 Å². The van der Waals surface area contributed by atoms with Gasteiger partial charge in [0.05, 0.1) is 13.5 Å². The molecule has 0 saturated heterocycles. The number of nitrogens with one attached hydrogen (secondary N) is 1. The Bertz CT molecular complexity index is 1290. The van der Waals surface area contributed by atoms with Gasteiger partial charge in [-0.2, -0.15) is 4.98 Å². The fraction of sp³-hybridized carbons (Fsp3) is 0.154. The summed E-state index contributed by atoms with van der Waals surface area (Å²) in [7, 11) is 1.53. The normalized spacial score (nSPS) is 11.5. The van der Waals surface area contributed by atoms with Crippen LogP contribution in [0.4, 0.5) is 10.1 Å². The van der Waals surface area contributed by atoms with E-state index in [0.717, 1.165) is 0 Å². The lowest BCUT2D eigenvalue weighted by Gasteiger charge is -2.18. The highest BCUT2D eigenvalue weighted by Crippen LogP contribution is 2.23. The number of benzene rings is 3. The maximum atomic E-state index is 13.1. The number of rotatable bonds is 9. The van der Waals surface area contributed by atoms with Crippen LogP contribution in [0.15, 0.2) is 83.4 Å². The van der Waals surface area contributed by atoms with Gasteiger partial charge in [-0.1, -0.05) is 41.6 Å². The largest absolute Gasteiger partial charge is 0.497 e. The van der Waals surface area contributed by atoms with Gasteiger partial charge in [0.15, 0.2) is 0 Å². The highest BCUT2D eigenvalue weighted by atomic mass is 19.1. The first-order chi connectivity index (χ1) is 17.0. The van der Waals surface area contributed by atoms with E-state index in [1.807, 2.05) is 0 Å². The number of aryl methyl sites for hydroxylation is 1. The number of carbonyl (C=O) groups excluding carboxylic acids is 2. The van der Waals surface area contributed by atoms with E-state index in [1.54, 1.807) is 54.6 Å². The monoisotopic (exact) mass is 475 g/mol. The molecule has 0 fully saturated rings. The Morgan fingerprint density at radius 2 is 1.80 bits per heavy atom. The van der Waals surface area contributed by atoms with Crippen LogP contribution in [-0.4, -0.2) is 29.1 Å². The number of ether oxygens (including phenoxy) is 2. The number of carbonyl (C=O) groups is 2. The lowest BCUT2D eigenvalue weighted by atomic mass is 10.1. The summed E-state index contributed by atoms with van der Waals surface area (Å²) in [5, 5.41) is 6.61. The molecule has 3 aromatic carbocycles. The minimum absolute atomic E-state index is 0.0825. The van der Waals surface area contributed by atoms with Crippen LogP contribution in [0.3, 0.4) is 0 Å². The topological polar surface area (TPSA) is 104 Å². The average Bonchev–Trinajstić information content (AvgIpc) is 3.36. The zero-order valence-electron chi connectivity index (χ0n) is 18.8. The molecule has 0 saturated carbocycles. The molecule has 9 heteroatoms. The molecule has 4 rings (SSSR count). The summed E-state index contributed by atoms with van der Waals surface area (Å²) < 4.78 is 29.0. The molecular formula is C26H22FN3O5. The summed E-state index contributed by atoms with van der Waals surface area (Å²) in [4.78, 5) is 29.9. The molecule has 1 atom stereocenters. The molecule has 1 amide bonds. The number of nitrogens with zero attached hydrogens (tertiary/aromatic N) is 2. The van der Waals surface area contributed by atoms with Crippen LogP contribution in [0.25, 0.3) is 11.4 Å². The minimum atomic E-state index is -1.16. The quantitative estimate of drug-likeness (QED) is 0.349. The molecular weight excluding hydrogens is 453 g/mol. The summed E-state index contributed by atoms with van der Waals surface area (Å²) in [6.07, 6.45) is -1.13. The van der Waals surface area contributed by atoms with Crippen molar-refractivity contribution in [3.8, 4) is 17.1 Å². The molecule has 1 N–H and O–H groups in total. The van der Waals surface area contributed by atoms with E-state index < -0.39 is 18.0 Å². The summed E-state index contributed by atoms with van der Waals surface area (Å²) in [5.41, 5.74) is 1.62. The molecule has 0 bridgehead atoms. The van der Waals surface area contributed by atoms with Crippen molar-refractivity contribution in [1.29, 1.82) is 0 Å². The van der Waals surface area contributed by atoms with E-state index in [9.17, 15) is 14.0 Å². The standard InChI is InChI=1S/C26H22FN3O5/c1-33-21-9-5-8-20(16-21)28-26(32)24(17-6-3-2-4-7-17)34-23(31)15-14-22-29-25(30-35-22)18-10-12-19(27)13-11-18/h2-13,16,24H,14-15H2,1H3,(H,28,32). The Labute approximate surface area is 200 Å². The van der Waals surface area contributed by atoms with Gasteiger partial charge in [0.2, 0.25) is 17.8 Å². The number of halogens is 1. The predicted octanol–water partition coefficient (Wildman–Crippen LogP) is 4.74. The van der Waals surface area contributed by atoms with Gasteiger partial charge in [0, 0.05) is 29.3 Å². The van der Waals surface area contributed by atoms with E-state index in [1.165, 1.54) is 31.4 Å². The second kappa shape index (κ2) is 11.1. The van der Waals surface area contributed by atoms with Crippen LogP contribution in [-0.2, 0) is 20.7 Å². The molecule has 0 aliphatic rings. The minimum Gasteiger partial charge on any atom is -0.497 e. The number of aromatic nitrogens is 2. The molecule has 1 unspecified atom stereocenters. The van der Waals surface area contributed by atoms with Gasteiger partial charge >= 0.3 is 5.97 Å². The van der Waals surface area contributed by atoms with Crippen LogP contribution >= 0.6 is 0 Å². The lowest BCUT2D eigenvalue weighted by Crippen LogP contribution is -2.26. The van der Waals surface area contributed by atoms with E-state index in [2.05, 4.69) is 15.5 Å². The number of hydrogen-bond acceptors (Lipinski definition) is 7. The summed E-state index contributed by atoms with van der Waals surface area (Å²) in [6, 6.07) is 21.2.